The van der Waals surface area contributed by atoms with E-state index in [1.54, 1.807) is 0 Å². The molecule has 0 unspecified atom stereocenters. The maximum absolute atomic E-state index is 12.3. The molecule has 1 N–H and O–H groups in total. The Hall–Kier alpha value is -1.67. The third-order valence-electron chi connectivity index (χ3n) is 5.91. The normalized spacial score (nSPS) is 18.4. The van der Waals surface area contributed by atoms with E-state index in [-0.39, 0.29) is 12.5 Å². The van der Waals surface area contributed by atoms with E-state index >= 15 is 0 Å². The van der Waals surface area contributed by atoms with E-state index in [0.29, 0.717) is 4.58 Å². The number of anilines is 1. The fraction of sp³-hybridized carbons (Fsp3) is 0.480. The van der Waals surface area contributed by atoms with Gasteiger partial charge in [-0.1, -0.05) is 31.2 Å². The quantitative estimate of drug-likeness (QED) is 0.602. The Bertz CT molecular complexity index is 846. The van der Waals surface area contributed by atoms with Crippen molar-refractivity contribution >= 4 is 35.1 Å². The zero-order chi connectivity index (χ0) is 22.2. The van der Waals surface area contributed by atoms with Gasteiger partial charge < -0.3 is 15.0 Å². The van der Waals surface area contributed by atoms with Crippen LogP contribution in [0.15, 0.2) is 48.5 Å². The van der Waals surface area contributed by atoms with Crippen LogP contribution in [0.5, 0.6) is 5.75 Å². The van der Waals surface area contributed by atoms with Crippen LogP contribution in [-0.4, -0.2) is 66.5 Å². The average Bonchev–Trinajstić information content (AvgIpc) is 2.85. The van der Waals surface area contributed by atoms with E-state index < -0.39 is 0 Å². The smallest absolute Gasteiger partial charge is 0.262 e. The lowest BCUT2D eigenvalue weighted by molar-refractivity contribution is -0.118. The van der Waals surface area contributed by atoms with Gasteiger partial charge in [0.15, 0.2) is 6.61 Å². The van der Waals surface area contributed by atoms with Crippen LogP contribution in [0, 0.1) is 0 Å². The van der Waals surface area contributed by atoms with Gasteiger partial charge in [0, 0.05) is 38.4 Å². The van der Waals surface area contributed by atoms with E-state index in [4.69, 9.17) is 4.74 Å². The Balaban J connectivity index is 1.19. The Morgan fingerprint density at radius 2 is 1.62 bits per heavy atom. The molecule has 0 saturated carbocycles. The molecule has 32 heavy (non-hydrogen) atoms. The number of amides is 1. The Morgan fingerprint density at radius 3 is 2.28 bits per heavy atom. The molecule has 2 aliphatic heterocycles. The van der Waals surface area contributed by atoms with Crippen molar-refractivity contribution in [2.45, 2.75) is 24.5 Å². The van der Waals surface area contributed by atoms with Gasteiger partial charge in [-0.05, 0) is 59.9 Å². The molecule has 2 saturated heterocycles. The van der Waals surface area contributed by atoms with Crippen molar-refractivity contribution in [2.75, 3.05) is 56.2 Å². The van der Waals surface area contributed by atoms with Gasteiger partial charge in [-0.3, -0.25) is 9.69 Å². The van der Waals surface area contributed by atoms with E-state index in [0.717, 1.165) is 50.7 Å². The van der Waals surface area contributed by atoms with E-state index in [1.165, 1.54) is 29.1 Å². The predicted molar refractivity (Wildman–Crippen MR) is 137 cm³/mol. The second kappa shape index (κ2) is 12.0. The highest BCUT2D eigenvalue weighted by Crippen LogP contribution is 2.43. The number of carbonyl (C=O) groups is 1. The molecule has 0 radical (unpaired) electrons. The van der Waals surface area contributed by atoms with E-state index in [9.17, 15) is 4.79 Å². The molecule has 0 bridgehead atoms. The van der Waals surface area contributed by atoms with Crippen LogP contribution in [0.3, 0.4) is 0 Å². The number of hydrogen-bond donors (Lipinski definition) is 1. The molecule has 2 fully saturated rings. The summed E-state index contributed by atoms with van der Waals surface area (Å²) in [5.41, 5.74) is 3.40. The van der Waals surface area contributed by atoms with Gasteiger partial charge >= 0.3 is 0 Å². The average molecular weight is 472 g/mol. The number of nitrogens with zero attached hydrogens (tertiary/aromatic N) is 2. The molecular weight excluding hydrogens is 438 g/mol. The molecule has 0 aliphatic carbocycles. The Kier molecular flexibility index (Phi) is 8.79. The standard InChI is InChI=1S/C25H33N3O2S2/c1-2-27-12-14-28(15-13-27)18-20-4-8-22(9-5-20)26-24(29)19-30-23-10-6-21(7-11-23)25-31-16-3-17-32-25/h4-11,25H,2-3,12-19H2,1H3,(H,26,29). The van der Waals surface area contributed by atoms with Gasteiger partial charge in [-0.2, -0.15) is 0 Å². The van der Waals surface area contributed by atoms with Crippen LogP contribution in [-0.2, 0) is 11.3 Å². The van der Waals surface area contributed by atoms with Gasteiger partial charge in [0.1, 0.15) is 5.75 Å². The molecule has 0 spiro atoms. The lowest BCUT2D eigenvalue weighted by atomic mass is 10.1. The summed E-state index contributed by atoms with van der Waals surface area (Å²) in [5.74, 6) is 3.05. The van der Waals surface area contributed by atoms with Crippen molar-refractivity contribution in [3.05, 3.63) is 59.7 Å². The zero-order valence-corrected chi connectivity index (χ0v) is 20.4. The third kappa shape index (κ3) is 6.91. The molecule has 4 rings (SSSR count). The van der Waals surface area contributed by atoms with Gasteiger partial charge in [0.25, 0.3) is 5.91 Å². The molecule has 2 heterocycles. The number of ether oxygens (including phenoxy) is 1. The lowest BCUT2D eigenvalue weighted by Crippen LogP contribution is -2.45. The molecule has 2 aromatic carbocycles. The maximum Gasteiger partial charge on any atom is 0.262 e. The van der Waals surface area contributed by atoms with Gasteiger partial charge in [-0.15, -0.1) is 23.5 Å². The van der Waals surface area contributed by atoms with Gasteiger partial charge in [0.2, 0.25) is 0 Å². The van der Waals surface area contributed by atoms with Gasteiger partial charge in [0.05, 0.1) is 4.58 Å². The first-order valence-corrected chi connectivity index (χ1v) is 13.6. The number of hydrogen-bond acceptors (Lipinski definition) is 6. The van der Waals surface area contributed by atoms with Crippen molar-refractivity contribution in [1.82, 2.24) is 9.80 Å². The highest BCUT2D eigenvalue weighted by molar-refractivity contribution is 8.16. The molecule has 2 aromatic rings. The number of benzene rings is 2. The summed E-state index contributed by atoms with van der Waals surface area (Å²) in [5, 5.41) is 2.93. The molecule has 0 aromatic heterocycles. The molecule has 2 aliphatic rings. The summed E-state index contributed by atoms with van der Waals surface area (Å²) in [6, 6.07) is 16.3. The Labute approximate surface area is 200 Å². The monoisotopic (exact) mass is 471 g/mol. The first kappa shape index (κ1) is 23.5. The van der Waals surface area contributed by atoms with Crippen LogP contribution in [0.2, 0.25) is 0 Å². The third-order valence-corrected chi connectivity index (χ3v) is 8.92. The summed E-state index contributed by atoms with van der Waals surface area (Å²) in [6.07, 6.45) is 1.29. The number of thioether (sulfide) groups is 2. The Morgan fingerprint density at radius 1 is 0.969 bits per heavy atom. The largest absolute Gasteiger partial charge is 0.484 e. The van der Waals surface area contributed by atoms with Crippen LogP contribution >= 0.6 is 23.5 Å². The van der Waals surface area contributed by atoms with Crippen LogP contribution in [0.1, 0.15) is 29.1 Å². The fourth-order valence-electron chi connectivity index (χ4n) is 3.96. The minimum atomic E-state index is -0.143. The molecule has 0 atom stereocenters. The minimum absolute atomic E-state index is 0.00966. The highest BCUT2D eigenvalue weighted by atomic mass is 32.2. The van der Waals surface area contributed by atoms with E-state index in [2.05, 4.69) is 46.3 Å². The molecule has 7 heteroatoms. The molecule has 1 amide bonds. The van der Waals surface area contributed by atoms with Crippen molar-refractivity contribution in [3.8, 4) is 5.75 Å². The maximum atomic E-state index is 12.3. The molecule has 172 valence electrons. The molecular formula is C25H33N3O2S2. The summed E-state index contributed by atoms with van der Waals surface area (Å²) in [6.45, 7) is 8.85. The number of rotatable bonds is 8. The van der Waals surface area contributed by atoms with Crippen molar-refractivity contribution < 1.29 is 9.53 Å². The minimum Gasteiger partial charge on any atom is -0.484 e. The second-order valence-corrected chi connectivity index (χ2v) is 11.0. The van der Waals surface area contributed by atoms with Crippen molar-refractivity contribution in [1.29, 1.82) is 0 Å². The summed E-state index contributed by atoms with van der Waals surface area (Å²) >= 11 is 4.01. The summed E-state index contributed by atoms with van der Waals surface area (Å²) < 4.78 is 6.21. The SMILES string of the molecule is CCN1CCN(Cc2ccc(NC(=O)COc3ccc(C4SCCCS4)cc3)cc2)CC1. The summed E-state index contributed by atoms with van der Waals surface area (Å²) in [4.78, 5) is 17.3. The van der Waals surface area contributed by atoms with Crippen molar-refractivity contribution in [2.24, 2.45) is 0 Å². The topological polar surface area (TPSA) is 44.8 Å². The zero-order valence-electron chi connectivity index (χ0n) is 18.8. The number of likely N-dealkylation sites (N-methyl/N-ethyl adjacent to an activating group) is 1. The second-order valence-electron chi connectivity index (χ2n) is 8.24. The van der Waals surface area contributed by atoms with Gasteiger partial charge in [-0.25, -0.2) is 0 Å². The first-order chi connectivity index (χ1) is 15.7. The number of piperazine rings is 1. The fourth-order valence-corrected chi connectivity index (χ4v) is 6.86. The van der Waals surface area contributed by atoms with E-state index in [1.807, 2.05) is 47.8 Å². The predicted octanol–water partition coefficient (Wildman–Crippen LogP) is 4.71. The van der Waals surface area contributed by atoms with Crippen LogP contribution < -0.4 is 10.1 Å². The lowest BCUT2D eigenvalue weighted by Gasteiger charge is -2.34. The first-order valence-electron chi connectivity index (χ1n) is 11.5. The summed E-state index contributed by atoms with van der Waals surface area (Å²) in [7, 11) is 0. The van der Waals surface area contributed by atoms with Crippen molar-refractivity contribution in [3.63, 3.8) is 0 Å². The molecule has 5 nitrogen and oxygen atoms in total. The number of carbonyl (C=O) groups excluding carboxylic acids is 1. The van der Waals surface area contributed by atoms with Crippen LogP contribution in [0.4, 0.5) is 5.69 Å². The van der Waals surface area contributed by atoms with Crippen LogP contribution in [0.25, 0.3) is 0 Å². The number of nitrogens with one attached hydrogen (secondary N) is 1. The highest BCUT2D eigenvalue weighted by Gasteiger charge is 2.17.